The first kappa shape index (κ1) is 11.3. The van der Waals surface area contributed by atoms with Gasteiger partial charge in [-0.05, 0) is 24.3 Å². The third-order valence-electron chi connectivity index (χ3n) is 2.77. The van der Waals surface area contributed by atoms with E-state index in [-0.39, 0.29) is 5.63 Å². The maximum atomic E-state index is 11.5. The summed E-state index contributed by atoms with van der Waals surface area (Å²) in [6.45, 7) is 0. The molecule has 0 amide bonds. The molecular formula is C15H12N2O2. The van der Waals surface area contributed by atoms with E-state index in [0.29, 0.717) is 11.3 Å². The molecule has 2 N–H and O–H groups in total. The predicted molar refractivity (Wildman–Crippen MR) is 76.2 cm³/mol. The Bertz CT molecular complexity index is 751. The fourth-order valence-corrected chi connectivity index (χ4v) is 1.88. The van der Waals surface area contributed by atoms with Gasteiger partial charge in [-0.2, -0.15) is 0 Å². The van der Waals surface area contributed by atoms with E-state index < -0.39 is 0 Å². The normalized spacial score (nSPS) is 10.3. The van der Waals surface area contributed by atoms with Crippen LogP contribution in [0.2, 0.25) is 0 Å². The summed E-state index contributed by atoms with van der Waals surface area (Å²) in [5.74, 6) is 0. The van der Waals surface area contributed by atoms with Gasteiger partial charge >= 0.3 is 5.63 Å². The Hall–Kier alpha value is -2.75. The minimum absolute atomic E-state index is 0.379. The van der Waals surface area contributed by atoms with Gasteiger partial charge in [-0.15, -0.1) is 0 Å². The number of anilines is 2. The summed E-state index contributed by atoms with van der Waals surface area (Å²) in [7, 11) is 0. The SMILES string of the molecule is O=c1cc(NNc2ccccc2)c2ccccc2o1. The van der Waals surface area contributed by atoms with Crippen molar-refractivity contribution in [1.29, 1.82) is 0 Å². The molecule has 4 heteroatoms. The maximum Gasteiger partial charge on any atom is 0.338 e. The summed E-state index contributed by atoms with van der Waals surface area (Å²) >= 11 is 0. The van der Waals surface area contributed by atoms with Gasteiger partial charge < -0.3 is 9.84 Å². The van der Waals surface area contributed by atoms with Crippen LogP contribution in [0.4, 0.5) is 11.4 Å². The largest absolute Gasteiger partial charge is 0.423 e. The van der Waals surface area contributed by atoms with E-state index in [9.17, 15) is 4.79 Å². The molecule has 0 fully saturated rings. The van der Waals surface area contributed by atoms with E-state index in [2.05, 4.69) is 10.9 Å². The molecule has 0 aliphatic heterocycles. The summed E-state index contributed by atoms with van der Waals surface area (Å²) in [6.07, 6.45) is 0. The van der Waals surface area contributed by atoms with Gasteiger partial charge in [-0.25, -0.2) is 4.79 Å². The lowest BCUT2D eigenvalue weighted by Gasteiger charge is -2.10. The molecule has 0 bridgehead atoms. The summed E-state index contributed by atoms with van der Waals surface area (Å²) in [4.78, 5) is 11.5. The topological polar surface area (TPSA) is 54.3 Å². The second kappa shape index (κ2) is 4.86. The van der Waals surface area contributed by atoms with Gasteiger partial charge in [0.1, 0.15) is 5.58 Å². The molecule has 19 heavy (non-hydrogen) atoms. The Morgan fingerprint density at radius 1 is 0.842 bits per heavy atom. The van der Waals surface area contributed by atoms with Gasteiger partial charge in [0.15, 0.2) is 0 Å². The third-order valence-corrected chi connectivity index (χ3v) is 2.77. The number of hydrogen-bond acceptors (Lipinski definition) is 4. The van der Waals surface area contributed by atoms with Crippen molar-refractivity contribution in [2.45, 2.75) is 0 Å². The second-order valence-corrected chi connectivity index (χ2v) is 4.09. The van der Waals surface area contributed by atoms with Crippen molar-refractivity contribution in [1.82, 2.24) is 0 Å². The molecule has 0 aliphatic rings. The number of rotatable bonds is 3. The molecule has 2 aromatic carbocycles. The second-order valence-electron chi connectivity index (χ2n) is 4.09. The van der Waals surface area contributed by atoms with E-state index >= 15 is 0 Å². The first-order chi connectivity index (χ1) is 9.33. The number of nitrogens with one attached hydrogen (secondary N) is 2. The average Bonchev–Trinajstić information content (AvgIpc) is 2.45. The van der Waals surface area contributed by atoms with Gasteiger partial charge in [-0.3, -0.25) is 5.43 Å². The molecule has 1 heterocycles. The molecule has 0 aliphatic carbocycles. The lowest BCUT2D eigenvalue weighted by Crippen LogP contribution is -2.11. The highest BCUT2D eigenvalue weighted by atomic mass is 16.4. The molecule has 0 spiro atoms. The van der Waals surface area contributed by atoms with Crippen LogP contribution in [0.5, 0.6) is 0 Å². The quantitative estimate of drug-likeness (QED) is 0.555. The van der Waals surface area contributed by atoms with Gasteiger partial charge in [-0.1, -0.05) is 30.3 Å². The molecule has 3 rings (SSSR count). The number of fused-ring (bicyclic) bond motifs is 1. The van der Waals surface area contributed by atoms with Crippen LogP contribution >= 0.6 is 0 Å². The Morgan fingerprint density at radius 3 is 2.42 bits per heavy atom. The van der Waals surface area contributed by atoms with E-state index in [4.69, 9.17) is 4.42 Å². The van der Waals surface area contributed by atoms with Gasteiger partial charge in [0.2, 0.25) is 0 Å². The van der Waals surface area contributed by atoms with E-state index in [1.54, 1.807) is 6.07 Å². The zero-order valence-corrected chi connectivity index (χ0v) is 10.1. The first-order valence-corrected chi connectivity index (χ1v) is 5.93. The molecule has 3 aromatic rings. The minimum atomic E-state index is -0.379. The Labute approximate surface area is 109 Å². The van der Waals surface area contributed by atoms with Crippen molar-refractivity contribution in [2.75, 3.05) is 10.9 Å². The van der Waals surface area contributed by atoms with Gasteiger partial charge in [0.05, 0.1) is 11.4 Å². The standard InChI is InChI=1S/C15H12N2O2/c18-15-10-13(12-8-4-5-9-14(12)19-15)17-16-11-6-2-1-3-7-11/h1-10,16-17H. The lowest BCUT2D eigenvalue weighted by molar-refractivity contribution is 0.561. The van der Waals surface area contributed by atoms with Crippen molar-refractivity contribution >= 4 is 22.3 Å². The monoisotopic (exact) mass is 252 g/mol. The van der Waals surface area contributed by atoms with Crippen LogP contribution in [0, 0.1) is 0 Å². The van der Waals surface area contributed by atoms with Crippen molar-refractivity contribution in [3.05, 3.63) is 71.1 Å². The van der Waals surface area contributed by atoms with Gasteiger partial charge in [0, 0.05) is 11.5 Å². The Balaban J connectivity index is 1.94. The van der Waals surface area contributed by atoms with Gasteiger partial charge in [0.25, 0.3) is 0 Å². The molecule has 0 atom stereocenters. The van der Waals surface area contributed by atoms with Crippen LogP contribution in [-0.4, -0.2) is 0 Å². The van der Waals surface area contributed by atoms with Crippen LogP contribution in [-0.2, 0) is 0 Å². The fraction of sp³-hybridized carbons (Fsp3) is 0. The lowest BCUT2D eigenvalue weighted by atomic mass is 10.2. The zero-order chi connectivity index (χ0) is 13.1. The van der Waals surface area contributed by atoms with Crippen LogP contribution in [0.15, 0.2) is 69.9 Å². The number of hydrogen-bond donors (Lipinski definition) is 2. The molecule has 1 aromatic heterocycles. The van der Waals surface area contributed by atoms with Crippen LogP contribution in [0.1, 0.15) is 0 Å². The number of hydrazine groups is 1. The molecule has 94 valence electrons. The highest BCUT2D eigenvalue weighted by Crippen LogP contribution is 2.21. The third kappa shape index (κ3) is 2.42. The average molecular weight is 252 g/mol. The molecular weight excluding hydrogens is 240 g/mol. The smallest absolute Gasteiger partial charge is 0.338 e. The highest BCUT2D eigenvalue weighted by Gasteiger charge is 2.03. The Morgan fingerprint density at radius 2 is 1.58 bits per heavy atom. The maximum absolute atomic E-state index is 11.5. The summed E-state index contributed by atoms with van der Waals surface area (Å²) in [6, 6.07) is 18.5. The van der Waals surface area contributed by atoms with Crippen LogP contribution in [0.3, 0.4) is 0 Å². The minimum Gasteiger partial charge on any atom is -0.423 e. The molecule has 0 saturated carbocycles. The molecule has 0 saturated heterocycles. The summed E-state index contributed by atoms with van der Waals surface area (Å²) in [5, 5.41) is 0.852. The highest BCUT2D eigenvalue weighted by molar-refractivity contribution is 5.89. The van der Waals surface area contributed by atoms with E-state index in [0.717, 1.165) is 11.1 Å². The fourth-order valence-electron chi connectivity index (χ4n) is 1.88. The van der Waals surface area contributed by atoms with Crippen molar-refractivity contribution in [2.24, 2.45) is 0 Å². The number of para-hydroxylation sites is 2. The van der Waals surface area contributed by atoms with E-state index in [1.165, 1.54) is 6.07 Å². The zero-order valence-electron chi connectivity index (χ0n) is 10.1. The van der Waals surface area contributed by atoms with Crippen molar-refractivity contribution in [3.63, 3.8) is 0 Å². The molecule has 0 radical (unpaired) electrons. The summed E-state index contributed by atoms with van der Waals surface area (Å²) in [5.41, 5.74) is 7.88. The first-order valence-electron chi connectivity index (χ1n) is 5.93. The number of benzene rings is 2. The summed E-state index contributed by atoms with van der Waals surface area (Å²) < 4.78 is 5.13. The van der Waals surface area contributed by atoms with Crippen LogP contribution in [0.25, 0.3) is 11.0 Å². The van der Waals surface area contributed by atoms with Crippen LogP contribution < -0.4 is 16.5 Å². The predicted octanol–water partition coefficient (Wildman–Crippen LogP) is 3.23. The molecule has 0 unspecified atom stereocenters. The van der Waals surface area contributed by atoms with Crippen molar-refractivity contribution in [3.8, 4) is 0 Å². The molecule has 4 nitrogen and oxygen atoms in total. The van der Waals surface area contributed by atoms with Crippen molar-refractivity contribution < 1.29 is 4.42 Å². The Kier molecular flexibility index (Phi) is 2.90. The van der Waals surface area contributed by atoms with E-state index in [1.807, 2.05) is 48.5 Å².